The Morgan fingerprint density at radius 2 is 2.26 bits per heavy atom. The lowest BCUT2D eigenvalue weighted by Gasteiger charge is -2.42. The number of piperidine rings is 1. The van der Waals surface area contributed by atoms with Gasteiger partial charge in [0.1, 0.15) is 0 Å². The molecule has 2 heterocycles. The Balaban J connectivity index is 1.55. The zero-order valence-electron chi connectivity index (χ0n) is 14.0. The molecule has 2 aliphatic rings. The summed E-state index contributed by atoms with van der Waals surface area (Å²) in [5.74, 6) is -0.0332. The summed E-state index contributed by atoms with van der Waals surface area (Å²) in [5.41, 5.74) is 2.68. The molecule has 2 aliphatic heterocycles. The lowest BCUT2D eigenvalue weighted by atomic mass is 9.86. The third-order valence-electron chi connectivity index (χ3n) is 5.06. The first-order valence-electron chi connectivity index (χ1n) is 8.40. The van der Waals surface area contributed by atoms with Crippen LogP contribution in [0.15, 0.2) is 18.2 Å². The summed E-state index contributed by atoms with van der Waals surface area (Å²) in [6.07, 6.45) is 2.23. The Morgan fingerprint density at radius 3 is 2.96 bits per heavy atom. The highest BCUT2D eigenvalue weighted by molar-refractivity contribution is 5.93. The second-order valence-corrected chi connectivity index (χ2v) is 6.88. The maximum absolute atomic E-state index is 12.3. The highest BCUT2D eigenvalue weighted by Crippen LogP contribution is 2.35. The number of nitrogens with zero attached hydrogens (tertiary/aromatic N) is 1. The van der Waals surface area contributed by atoms with E-state index in [4.69, 9.17) is 4.74 Å². The summed E-state index contributed by atoms with van der Waals surface area (Å²) in [6, 6.07) is 6.03. The number of amides is 1. The molecule has 2 N–H and O–H groups in total. The van der Waals surface area contributed by atoms with Crippen molar-refractivity contribution in [3.8, 4) is 0 Å². The molecule has 1 spiro atoms. The summed E-state index contributed by atoms with van der Waals surface area (Å²) in [4.78, 5) is 14.3. The van der Waals surface area contributed by atoms with E-state index in [2.05, 4.69) is 5.32 Å². The van der Waals surface area contributed by atoms with Crippen LogP contribution in [-0.4, -0.2) is 53.9 Å². The first kappa shape index (κ1) is 16.4. The lowest BCUT2D eigenvalue weighted by molar-refractivity contribution is -0.135. The van der Waals surface area contributed by atoms with Crippen molar-refractivity contribution in [1.29, 1.82) is 0 Å². The van der Waals surface area contributed by atoms with Crippen LogP contribution in [0.1, 0.15) is 30.4 Å². The Morgan fingerprint density at radius 1 is 1.43 bits per heavy atom. The average molecular weight is 318 g/mol. The number of hydrogen-bond acceptors (Lipinski definition) is 4. The van der Waals surface area contributed by atoms with Gasteiger partial charge in [-0.15, -0.1) is 0 Å². The van der Waals surface area contributed by atoms with Gasteiger partial charge in [-0.2, -0.15) is 0 Å². The van der Waals surface area contributed by atoms with Crippen LogP contribution in [0.5, 0.6) is 0 Å². The van der Waals surface area contributed by atoms with E-state index in [1.54, 1.807) is 0 Å². The van der Waals surface area contributed by atoms with Crippen molar-refractivity contribution >= 4 is 11.6 Å². The van der Waals surface area contributed by atoms with Crippen molar-refractivity contribution in [2.75, 3.05) is 31.6 Å². The van der Waals surface area contributed by atoms with E-state index in [1.165, 1.54) is 0 Å². The van der Waals surface area contributed by atoms with E-state index in [1.807, 2.05) is 36.9 Å². The molecule has 5 nitrogen and oxygen atoms in total. The zero-order valence-corrected chi connectivity index (χ0v) is 14.0. The van der Waals surface area contributed by atoms with E-state index in [9.17, 15) is 9.90 Å². The molecular formula is C18H26N2O3. The predicted octanol–water partition coefficient (Wildman–Crippen LogP) is 1.86. The molecule has 0 aliphatic carbocycles. The Hall–Kier alpha value is -1.43. The van der Waals surface area contributed by atoms with E-state index in [0.29, 0.717) is 13.1 Å². The Labute approximate surface area is 137 Å². The number of hydrogen-bond donors (Lipinski definition) is 2. The minimum Gasteiger partial charge on any atom is -0.389 e. The lowest BCUT2D eigenvalue weighted by Crippen LogP contribution is -2.56. The third kappa shape index (κ3) is 3.57. The van der Waals surface area contributed by atoms with Gasteiger partial charge >= 0.3 is 0 Å². The van der Waals surface area contributed by atoms with E-state index >= 15 is 0 Å². The van der Waals surface area contributed by atoms with Crippen molar-refractivity contribution < 1.29 is 14.6 Å². The molecule has 126 valence electrons. The first-order chi connectivity index (χ1) is 11.0. The molecule has 3 rings (SSSR count). The highest BCUT2D eigenvalue weighted by Gasteiger charge is 2.45. The normalized spacial score (nSPS) is 28.2. The van der Waals surface area contributed by atoms with Gasteiger partial charge in [0.2, 0.25) is 5.91 Å². The fourth-order valence-corrected chi connectivity index (χ4v) is 3.60. The number of likely N-dealkylation sites (tertiary alicyclic amines) is 1. The Kier molecular flexibility index (Phi) is 4.71. The van der Waals surface area contributed by atoms with Gasteiger partial charge in [0, 0.05) is 25.4 Å². The van der Waals surface area contributed by atoms with Crippen molar-refractivity contribution in [1.82, 2.24) is 4.90 Å². The quantitative estimate of drug-likeness (QED) is 0.893. The van der Waals surface area contributed by atoms with Crippen LogP contribution in [0.3, 0.4) is 0 Å². The van der Waals surface area contributed by atoms with Crippen LogP contribution in [0.4, 0.5) is 5.69 Å². The molecule has 0 bridgehead atoms. The smallest absolute Gasteiger partial charge is 0.238 e. The third-order valence-corrected chi connectivity index (χ3v) is 5.06. The topological polar surface area (TPSA) is 61.8 Å². The standard InChI is InChI=1S/C18H26N2O3/c1-13-4-5-14(2)15(10-13)19-17(22)12-20-8-7-18(16(21)11-20)6-3-9-23-18/h4-5,10,16,21H,3,6-9,11-12H2,1-2H3,(H,19,22)/t16-,18-/m0/s1. The van der Waals surface area contributed by atoms with Crippen LogP contribution in [0.2, 0.25) is 0 Å². The molecule has 0 saturated carbocycles. The number of rotatable bonds is 3. The number of ether oxygens (including phenoxy) is 1. The maximum atomic E-state index is 12.3. The van der Waals surface area contributed by atoms with E-state index < -0.39 is 6.10 Å². The monoisotopic (exact) mass is 318 g/mol. The predicted molar refractivity (Wildman–Crippen MR) is 89.5 cm³/mol. The average Bonchev–Trinajstić information content (AvgIpc) is 2.97. The number of carbonyl (C=O) groups is 1. The van der Waals surface area contributed by atoms with Gasteiger partial charge in [0.05, 0.1) is 18.2 Å². The van der Waals surface area contributed by atoms with Gasteiger partial charge < -0.3 is 15.2 Å². The molecule has 2 saturated heterocycles. The number of aliphatic hydroxyl groups is 1. The molecular weight excluding hydrogens is 292 g/mol. The van der Waals surface area contributed by atoms with Crippen molar-refractivity contribution in [2.45, 2.75) is 44.8 Å². The largest absolute Gasteiger partial charge is 0.389 e. The minimum atomic E-state index is -0.507. The molecule has 5 heteroatoms. The molecule has 2 fully saturated rings. The molecule has 1 aromatic rings. The van der Waals surface area contributed by atoms with Crippen LogP contribution < -0.4 is 5.32 Å². The summed E-state index contributed by atoms with van der Waals surface area (Å²) in [6.45, 7) is 6.33. The fraction of sp³-hybridized carbons (Fsp3) is 0.611. The van der Waals surface area contributed by atoms with Gasteiger partial charge in [-0.25, -0.2) is 0 Å². The molecule has 1 amide bonds. The number of aliphatic hydroxyl groups excluding tert-OH is 1. The van der Waals surface area contributed by atoms with Crippen LogP contribution >= 0.6 is 0 Å². The SMILES string of the molecule is Cc1ccc(C)c(NC(=O)CN2CC[C@@]3(CCCO3)[C@@H](O)C2)c1. The second-order valence-electron chi connectivity index (χ2n) is 6.88. The van der Waals surface area contributed by atoms with Gasteiger partial charge in [-0.1, -0.05) is 12.1 Å². The van der Waals surface area contributed by atoms with Gasteiger partial charge in [-0.3, -0.25) is 9.69 Å². The van der Waals surface area contributed by atoms with Crippen molar-refractivity contribution in [3.63, 3.8) is 0 Å². The second kappa shape index (κ2) is 6.59. The van der Waals surface area contributed by atoms with E-state index in [0.717, 1.165) is 49.2 Å². The number of aryl methyl sites for hydroxylation is 2. The fourth-order valence-electron chi connectivity index (χ4n) is 3.60. The molecule has 0 radical (unpaired) electrons. The summed E-state index contributed by atoms with van der Waals surface area (Å²) < 4.78 is 5.79. The molecule has 0 unspecified atom stereocenters. The van der Waals surface area contributed by atoms with Gasteiger partial charge in [-0.05, 0) is 50.3 Å². The molecule has 1 aromatic carbocycles. The Bertz CT molecular complexity index is 582. The zero-order chi connectivity index (χ0) is 16.4. The highest BCUT2D eigenvalue weighted by atomic mass is 16.5. The molecule has 23 heavy (non-hydrogen) atoms. The summed E-state index contributed by atoms with van der Waals surface area (Å²) >= 11 is 0. The minimum absolute atomic E-state index is 0.0332. The number of β-amino-alcohol motifs (C(OH)–C–C–N with tert-alkyl or cyclic N) is 1. The number of nitrogens with one attached hydrogen (secondary N) is 1. The van der Waals surface area contributed by atoms with Crippen LogP contribution in [-0.2, 0) is 9.53 Å². The number of carbonyl (C=O) groups excluding carboxylic acids is 1. The summed E-state index contributed by atoms with van der Waals surface area (Å²) in [7, 11) is 0. The number of benzene rings is 1. The van der Waals surface area contributed by atoms with Crippen LogP contribution in [0.25, 0.3) is 0 Å². The molecule has 2 atom stereocenters. The summed E-state index contributed by atoms with van der Waals surface area (Å²) in [5, 5.41) is 13.4. The first-order valence-corrected chi connectivity index (χ1v) is 8.40. The van der Waals surface area contributed by atoms with Crippen molar-refractivity contribution in [2.24, 2.45) is 0 Å². The maximum Gasteiger partial charge on any atom is 0.238 e. The number of anilines is 1. The van der Waals surface area contributed by atoms with Gasteiger partial charge in [0.15, 0.2) is 0 Å². The van der Waals surface area contributed by atoms with Crippen LogP contribution in [0, 0.1) is 13.8 Å². The van der Waals surface area contributed by atoms with E-state index in [-0.39, 0.29) is 11.5 Å². The van der Waals surface area contributed by atoms with Crippen molar-refractivity contribution in [3.05, 3.63) is 29.3 Å². The molecule has 0 aromatic heterocycles. The van der Waals surface area contributed by atoms with Gasteiger partial charge in [0.25, 0.3) is 0 Å².